The Morgan fingerprint density at radius 2 is 1.75 bits per heavy atom. The molecule has 0 spiro atoms. The number of aliphatic hydroxyl groups is 3. The van der Waals surface area contributed by atoms with Crippen LogP contribution in [0.2, 0.25) is 0 Å². The van der Waals surface area contributed by atoms with E-state index in [4.69, 9.17) is 14.6 Å². The molecule has 1 fully saturated rings. The van der Waals surface area contributed by atoms with Crippen molar-refractivity contribution in [2.75, 3.05) is 19.8 Å². The summed E-state index contributed by atoms with van der Waals surface area (Å²) in [6.07, 6.45) is 12.3. The van der Waals surface area contributed by atoms with E-state index in [2.05, 4.69) is 19.1 Å². The summed E-state index contributed by atoms with van der Waals surface area (Å²) < 4.78 is 11.0. The normalized spacial score (nSPS) is 25.6. The first-order chi connectivity index (χ1) is 11.7. The fraction of sp³-hybridized carbons (Fsp3) is 0.895. The number of rotatable bonds is 14. The van der Waals surface area contributed by atoms with Crippen LogP contribution in [0.15, 0.2) is 12.2 Å². The van der Waals surface area contributed by atoms with Crippen LogP contribution < -0.4 is 0 Å². The van der Waals surface area contributed by atoms with Crippen LogP contribution in [0.25, 0.3) is 0 Å². The Bertz CT molecular complexity index is 321. The highest BCUT2D eigenvalue weighted by atomic mass is 16.6. The Morgan fingerprint density at radius 3 is 2.46 bits per heavy atom. The first kappa shape index (κ1) is 21.6. The molecule has 5 heteroatoms. The maximum absolute atomic E-state index is 9.83. The number of hydrogen-bond donors (Lipinski definition) is 3. The Kier molecular flexibility index (Phi) is 12.4. The summed E-state index contributed by atoms with van der Waals surface area (Å²) in [4.78, 5) is 0. The summed E-state index contributed by atoms with van der Waals surface area (Å²) in [5.74, 6) is 0. The molecule has 1 aliphatic heterocycles. The maximum atomic E-state index is 9.83. The third-order valence-corrected chi connectivity index (χ3v) is 4.43. The lowest BCUT2D eigenvalue weighted by molar-refractivity contribution is -0.0938. The van der Waals surface area contributed by atoms with Crippen LogP contribution in [0.4, 0.5) is 0 Å². The molecule has 1 rings (SSSR count). The van der Waals surface area contributed by atoms with E-state index in [1.54, 1.807) is 0 Å². The molecule has 0 amide bonds. The minimum absolute atomic E-state index is 0.152. The van der Waals surface area contributed by atoms with Crippen LogP contribution >= 0.6 is 0 Å². The van der Waals surface area contributed by atoms with Crippen molar-refractivity contribution in [3.8, 4) is 0 Å². The molecular weight excluding hydrogens is 308 g/mol. The molecule has 1 heterocycles. The van der Waals surface area contributed by atoms with E-state index in [0.29, 0.717) is 6.61 Å². The van der Waals surface area contributed by atoms with Crippen molar-refractivity contribution in [1.29, 1.82) is 0 Å². The van der Waals surface area contributed by atoms with E-state index in [9.17, 15) is 10.2 Å². The van der Waals surface area contributed by atoms with Gasteiger partial charge in [-0.15, -0.1) is 0 Å². The van der Waals surface area contributed by atoms with Crippen molar-refractivity contribution in [3.63, 3.8) is 0 Å². The third kappa shape index (κ3) is 8.58. The highest BCUT2D eigenvalue weighted by Crippen LogP contribution is 2.21. The van der Waals surface area contributed by atoms with Crippen LogP contribution in [-0.4, -0.2) is 59.6 Å². The summed E-state index contributed by atoms with van der Waals surface area (Å²) in [7, 11) is 0. The van der Waals surface area contributed by atoms with Crippen molar-refractivity contribution in [2.45, 2.75) is 89.1 Å². The van der Waals surface area contributed by atoms with E-state index >= 15 is 0 Å². The minimum atomic E-state index is -1.00. The van der Waals surface area contributed by atoms with Crippen LogP contribution in [0.1, 0.15) is 64.7 Å². The average Bonchev–Trinajstić information content (AvgIpc) is 2.96. The lowest BCUT2D eigenvalue weighted by Gasteiger charge is -2.23. The average molecular weight is 344 g/mol. The van der Waals surface area contributed by atoms with Gasteiger partial charge in [-0.25, -0.2) is 0 Å². The molecule has 4 atom stereocenters. The fourth-order valence-corrected chi connectivity index (χ4v) is 2.95. The van der Waals surface area contributed by atoms with Crippen LogP contribution in [-0.2, 0) is 9.47 Å². The Balaban J connectivity index is 1.98. The highest BCUT2D eigenvalue weighted by Gasteiger charge is 2.40. The quantitative estimate of drug-likeness (QED) is 0.333. The first-order valence-electron chi connectivity index (χ1n) is 9.55. The van der Waals surface area contributed by atoms with Gasteiger partial charge in [0.05, 0.1) is 13.2 Å². The van der Waals surface area contributed by atoms with E-state index in [0.717, 1.165) is 12.8 Å². The monoisotopic (exact) mass is 344 g/mol. The second kappa shape index (κ2) is 13.8. The topological polar surface area (TPSA) is 79.2 Å². The van der Waals surface area contributed by atoms with Gasteiger partial charge in [0.1, 0.15) is 24.4 Å². The molecule has 0 radical (unpaired) electrons. The van der Waals surface area contributed by atoms with Crippen molar-refractivity contribution in [1.82, 2.24) is 0 Å². The van der Waals surface area contributed by atoms with Crippen LogP contribution in [0, 0.1) is 0 Å². The van der Waals surface area contributed by atoms with E-state index < -0.39 is 24.4 Å². The summed E-state index contributed by atoms with van der Waals surface area (Å²) in [6, 6.07) is 0. The zero-order valence-electron chi connectivity index (χ0n) is 15.1. The number of unbranched alkanes of at least 4 members (excludes halogenated alkanes) is 7. The number of ether oxygens (including phenoxy) is 2. The summed E-state index contributed by atoms with van der Waals surface area (Å²) in [5.41, 5.74) is 0. The lowest BCUT2D eigenvalue weighted by Crippen LogP contribution is -2.42. The van der Waals surface area contributed by atoms with E-state index in [-0.39, 0.29) is 13.2 Å². The highest BCUT2D eigenvalue weighted by molar-refractivity contribution is 4.89. The lowest BCUT2D eigenvalue weighted by atomic mass is 10.1. The molecule has 3 N–H and O–H groups in total. The van der Waals surface area contributed by atoms with Crippen molar-refractivity contribution in [3.05, 3.63) is 12.2 Å². The van der Waals surface area contributed by atoms with Gasteiger partial charge < -0.3 is 24.8 Å². The van der Waals surface area contributed by atoms with Crippen molar-refractivity contribution < 1.29 is 24.8 Å². The van der Waals surface area contributed by atoms with Gasteiger partial charge in [-0.05, 0) is 25.7 Å². The van der Waals surface area contributed by atoms with E-state index in [1.807, 2.05) is 0 Å². The standard InChI is InChI=1S/C19H36O5/c1-2-3-4-5-6-7-8-9-10-11-12-13-23-19-17(22)15-24-18(19)16(21)14-20/h4-5,16-22H,2-3,6-15H2,1H3/b5-4+/t16-,17+,18-,19-/m0/s1. The fourth-order valence-electron chi connectivity index (χ4n) is 2.95. The predicted octanol–water partition coefficient (Wildman–Crippen LogP) is 2.57. The van der Waals surface area contributed by atoms with Gasteiger partial charge >= 0.3 is 0 Å². The molecule has 0 aromatic rings. The summed E-state index contributed by atoms with van der Waals surface area (Å²) in [6.45, 7) is 2.52. The van der Waals surface area contributed by atoms with E-state index in [1.165, 1.54) is 44.9 Å². The summed E-state index contributed by atoms with van der Waals surface area (Å²) >= 11 is 0. The van der Waals surface area contributed by atoms with Gasteiger partial charge in [0, 0.05) is 6.61 Å². The SMILES string of the molecule is CCC/C=C/CCCCCCCCO[C@@H]1[C@H]([C@@H](O)CO)OC[C@H]1O. The predicted molar refractivity (Wildman–Crippen MR) is 94.9 cm³/mol. The molecule has 0 aromatic heterocycles. The Hall–Kier alpha value is -0.460. The molecule has 0 saturated carbocycles. The molecule has 5 nitrogen and oxygen atoms in total. The zero-order valence-corrected chi connectivity index (χ0v) is 15.1. The molecule has 0 unspecified atom stereocenters. The second-order valence-electron chi connectivity index (χ2n) is 6.62. The van der Waals surface area contributed by atoms with Gasteiger partial charge in [-0.2, -0.15) is 0 Å². The van der Waals surface area contributed by atoms with Crippen molar-refractivity contribution in [2.24, 2.45) is 0 Å². The van der Waals surface area contributed by atoms with Gasteiger partial charge in [-0.1, -0.05) is 51.2 Å². The van der Waals surface area contributed by atoms with Crippen molar-refractivity contribution >= 4 is 0 Å². The molecule has 142 valence electrons. The van der Waals surface area contributed by atoms with Crippen LogP contribution in [0.3, 0.4) is 0 Å². The van der Waals surface area contributed by atoms with Gasteiger partial charge in [0.2, 0.25) is 0 Å². The molecule has 1 aliphatic rings. The molecule has 1 saturated heterocycles. The molecule has 0 aliphatic carbocycles. The minimum Gasteiger partial charge on any atom is -0.394 e. The van der Waals surface area contributed by atoms with Gasteiger partial charge in [0.15, 0.2) is 0 Å². The Morgan fingerprint density at radius 1 is 1.08 bits per heavy atom. The number of allylic oxidation sites excluding steroid dienone is 2. The number of hydrogen-bond acceptors (Lipinski definition) is 5. The van der Waals surface area contributed by atoms with Gasteiger partial charge in [0.25, 0.3) is 0 Å². The molecular formula is C19H36O5. The first-order valence-corrected chi connectivity index (χ1v) is 9.55. The van der Waals surface area contributed by atoms with Crippen LogP contribution in [0.5, 0.6) is 0 Å². The second-order valence-corrected chi connectivity index (χ2v) is 6.62. The van der Waals surface area contributed by atoms with Gasteiger partial charge in [-0.3, -0.25) is 0 Å². The largest absolute Gasteiger partial charge is 0.394 e. The third-order valence-electron chi connectivity index (χ3n) is 4.43. The summed E-state index contributed by atoms with van der Waals surface area (Å²) in [5, 5.41) is 28.5. The smallest absolute Gasteiger partial charge is 0.114 e. The molecule has 0 bridgehead atoms. The number of aliphatic hydroxyl groups excluding tert-OH is 3. The Labute approximate surface area is 146 Å². The molecule has 24 heavy (non-hydrogen) atoms. The zero-order chi connectivity index (χ0) is 17.6. The maximum Gasteiger partial charge on any atom is 0.114 e. The molecule has 0 aromatic carbocycles.